The van der Waals surface area contributed by atoms with Crippen molar-refractivity contribution >= 4 is 0 Å². The van der Waals surface area contributed by atoms with Crippen molar-refractivity contribution in [2.24, 2.45) is 0 Å². The van der Waals surface area contributed by atoms with Crippen LogP contribution in [-0.4, -0.2) is 5.11 Å². The Kier molecular flexibility index (Phi) is 2.18. The number of hydrogen-bond donors (Lipinski definition) is 1. The molecule has 0 saturated carbocycles. The largest absolute Gasteiger partial charge is 0.508 e. The van der Waals surface area contributed by atoms with Gasteiger partial charge in [-0.15, -0.1) is 6.42 Å². The van der Waals surface area contributed by atoms with Gasteiger partial charge in [0.2, 0.25) is 0 Å². The highest BCUT2D eigenvalue weighted by atomic mass is 16.3. The summed E-state index contributed by atoms with van der Waals surface area (Å²) in [6.07, 6.45) is 5.23. The van der Waals surface area contributed by atoms with Crippen LogP contribution in [0.2, 0.25) is 0 Å². The second-order valence-corrected chi connectivity index (χ2v) is 2.48. The van der Waals surface area contributed by atoms with Gasteiger partial charge in [-0.2, -0.15) is 0 Å². The lowest BCUT2D eigenvalue weighted by molar-refractivity contribution is 0.475. The topological polar surface area (TPSA) is 20.2 Å². The third-order valence-corrected chi connectivity index (χ3v) is 1.64. The quantitative estimate of drug-likeness (QED) is 0.602. The number of rotatable bonds is 1. The van der Waals surface area contributed by atoms with E-state index in [2.05, 4.69) is 5.92 Å². The summed E-state index contributed by atoms with van der Waals surface area (Å²) in [6.45, 7) is 1.95. The third-order valence-electron chi connectivity index (χ3n) is 1.64. The lowest BCUT2D eigenvalue weighted by Crippen LogP contribution is -1.87. The molecule has 0 aliphatic carbocycles. The van der Waals surface area contributed by atoms with Gasteiger partial charge in [0.15, 0.2) is 0 Å². The molecule has 0 saturated heterocycles. The number of phenols is 1. The second-order valence-electron chi connectivity index (χ2n) is 2.48. The van der Waals surface area contributed by atoms with Gasteiger partial charge >= 0.3 is 0 Å². The van der Waals surface area contributed by atoms with Crippen molar-refractivity contribution in [1.82, 2.24) is 0 Å². The van der Waals surface area contributed by atoms with Crippen LogP contribution >= 0.6 is 0 Å². The number of hydrogen-bond acceptors (Lipinski definition) is 1. The fourth-order valence-corrected chi connectivity index (χ4v) is 0.859. The highest BCUT2D eigenvalue weighted by Crippen LogP contribution is 2.16. The van der Waals surface area contributed by atoms with E-state index in [0.717, 1.165) is 5.56 Å². The Morgan fingerprint density at radius 1 is 1.36 bits per heavy atom. The minimum absolute atomic E-state index is 0.121. The molecule has 1 nitrogen and oxygen atoms in total. The molecule has 1 aromatic rings. The lowest BCUT2D eigenvalue weighted by atomic mass is 10.0. The second kappa shape index (κ2) is 3.12. The standard InChI is InChI=1S/C10H10O/c1-3-8(2)9-4-6-10(11)7-5-9/h1,4-8,11H,2H3/t8-/m0/s1. The van der Waals surface area contributed by atoms with Crippen LogP contribution < -0.4 is 0 Å². The maximum Gasteiger partial charge on any atom is 0.115 e. The molecule has 1 aromatic carbocycles. The summed E-state index contributed by atoms with van der Waals surface area (Å²) in [7, 11) is 0. The first kappa shape index (κ1) is 7.68. The molecule has 0 spiro atoms. The molecule has 56 valence electrons. The summed E-state index contributed by atoms with van der Waals surface area (Å²) >= 11 is 0. The molecule has 0 bridgehead atoms. The fraction of sp³-hybridized carbons (Fsp3) is 0.200. The Labute approximate surface area is 66.7 Å². The molecular formula is C10H10O. The number of aromatic hydroxyl groups is 1. The highest BCUT2D eigenvalue weighted by molar-refractivity contribution is 5.31. The van der Waals surface area contributed by atoms with Crippen LogP contribution in [0.15, 0.2) is 24.3 Å². The van der Waals surface area contributed by atoms with Crippen LogP contribution in [0, 0.1) is 12.3 Å². The molecule has 0 aromatic heterocycles. The van der Waals surface area contributed by atoms with Crippen molar-refractivity contribution in [3.8, 4) is 18.1 Å². The predicted molar refractivity (Wildman–Crippen MR) is 45.4 cm³/mol. The SMILES string of the molecule is C#C[C@H](C)c1ccc(O)cc1. The molecule has 0 heterocycles. The van der Waals surface area contributed by atoms with Gasteiger partial charge in [-0.25, -0.2) is 0 Å². The van der Waals surface area contributed by atoms with Gasteiger partial charge in [0, 0.05) is 5.92 Å². The van der Waals surface area contributed by atoms with Gasteiger partial charge in [0.05, 0.1) is 0 Å². The molecule has 0 amide bonds. The van der Waals surface area contributed by atoms with E-state index in [-0.39, 0.29) is 11.7 Å². The summed E-state index contributed by atoms with van der Waals surface area (Å²) in [5.74, 6) is 3.02. The van der Waals surface area contributed by atoms with E-state index in [4.69, 9.17) is 11.5 Å². The minimum Gasteiger partial charge on any atom is -0.508 e. The van der Waals surface area contributed by atoms with Gasteiger partial charge in [-0.05, 0) is 24.6 Å². The summed E-state index contributed by atoms with van der Waals surface area (Å²) in [5.41, 5.74) is 1.06. The summed E-state index contributed by atoms with van der Waals surface area (Å²) in [5, 5.41) is 8.96. The molecule has 1 rings (SSSR count). The van der Waals surface area contributed by atoms with Crippen LogP contribution in [0.4, 0.5) is 0 Å². The number of terminal acetylenes is 1. The first-order chi connectivity index (χ1) is 5.24. The van der Waals surface area contributed by atoms with Crippen LogP contribution in [0.1, 0.15) is 18.4 Å². The Balaban J connectivity index is 2.92. The molecule has 1 N–H and O–H groups in total. The van der Waals surface area contributed by atoms with Crippen molar-refractivity contribution in [3.05, 3.63) is 29.8 Å². The number of phenolic OH excluding ortho intramolecular Hbond substituents is 1. The minimum atomic E-state index is 0.121. The van der Waals surface area contributed by atoms with E-state index < -0.39 is 0 Å². The van der Waals surface area contributed by atoms with Crippen LogP contribution in [-0.2, 0) is 0 Å². The van der Waals surface area contributed by atoms with E-state index in [9.17, 15) is 0 Å². The summed E-state index contributed by atoms with van der Waals surface area (Å²) in [6, 6.07) is 6.95. The van der Waals surface area contributed by atoms with Crippen molar-refractivity contribution < 1.29 is 5.11 Å². The highest BCUT2D eigenvalue weighted by Gasteiger charge is 1.99. The molecule has 11 heavy (non-hydrogen) atoms. The third kappa shape index (κ3) is 1.75. The molecule has 0 fully saturated rings. The lowest BCUT2D eigenvalue weighted by Gasteiger charge is -2.02. The molecule has 0 aliphatic rings. The molecule has 1 atom stereocenters. The van der Waals surface area contributed by atoms with Gasteiger partial charge in [-0.3, -0.25) is 0 Å². The van der Waals surface area contributed by atoms with Gasteiger partial charge < -0.3 is 5.11 Å². The predicted octanol–water partition coefficient (Wildman–Crippen LogP) is 2.13. The average molecular weight is 146 g/mol. The van der Waals surface area contributed by atoms with Crippen LogP contribution in [0.25, 0.3) is 0 Å². The molecule has 0 unspecified atom stereocenters. The van der Waals surface area contributed by atoms with E-state index in [1.807, 2.05) is 19.1 Å². The number of benzene rings is 1. The smallest absolute Gasteiger partial charge is 0.115 e. The average Bonchev–Trinajstić information content (AvgIpc) is 2.05. The molecular weight excluding hydrogens is 136 g/mol. The molecule has 0 radical (unpaired) electrons. The van der Waals surface area contributed by atoms with E-state index >= 15 is 0 Å². The fourth-order valence-electron chi connectivity index (χ4n) is 0.859. The van der Waals surface area contributed by atoms with E-state index in [1.54, 1.807) is 12.1 Å². The monoisotopic (exact) mass is 146 g/mol. The van der Waals surface area contributed by atoms with Crippen molar-refractivity contribution in [2.45, 2.75) is 12.8 Å². The maximum atomic E-state index is 8.96. The Morgan fingerprint density at radius 3 is 2.36 bits per heavy atom. The Hall–Kier alpha value is -1.42. The zero-order chi connectivity index (χ0) is 8.27. The molecule has 0 aliphatic heterocycles. The van der Waals surface area contributed by atoms with E-state index in [1.165, 1.54) is 0 Å². The van der Waals surface area contributed by atoms with Crippen molar-refractivity contribution in [3.63, 3.8) is 0 Å². The maximum absolute atomic E-state index is 8.96. The van der Waals surface area contributed by atoms with Gasteiger partial charge in [0.1, 0.15) is 5.75 Å². The van der Waals surface area contributed by atoms with Gasteiger partial charge in [0.25, 0.3) is 0 Å². The van der Waals surface area contributed by atoms with E-state index in [0.29, 0.717) is 0 Å². The first-order valence-corrected chi connectivity index (χ1v) is 3.49. The first-order valence-electron chi connectivity index (χ1n) is 3.49. The Morgan fingerprint density at radius 2 is 1.91 bits per heavy atom. The van der Waals surface area contributed by atoms with Crippen LogP contribution in [0.3, 0.4) is 0 Å². The normalized spacial score (nSPS) is 12.0. The van der Waals surface area contributed by atoms with Crippen molar-refractivity contribution in [1.29, 1.82) is 0 Å². The summed E-state index contributed by atoms with van der Waals surface area (Å²) < 4.78 is 0. The van der Waals surface area contributed by atoms with Gasteiger partial charge in [-0.1, -0.05) is 18.1 Å². The van der Waals surface area contributed by atoms with Crippen LogP contribution in [0.5, 0.6) is 5.75 Å². The Bertz CT molecular complexity index is 266. The molecule has 1 heteroatoms. The zero-order valence-electron chi connectivity index (χ0n) is 6.41. The van der Waals surface area contributed by atoms with Crippen molar-refractivity contribution in [2.75, 3.05) is 0 Å². The zero-order valence-corrected chi connectivity index (χ0v) is 6.41. The summed E-state index contributed by atoms with van der Waals surface area (Å²) in [4.78, 5) is 0.